The van der Waals surface area contributed by atoms with Crippen molar-refractivity contribution in [2.24, 2.45) is 0 Å². The van der Waals surface area contributed by atoms with Crippen LogP contribution in [0.1, 0.15) is 24.4 Å². The first-order valence-corrected chi connectivity index (χ1v) is 10.6. The molecule has 0 aromatic heterocycles. The first kappa shape index (κ1) is 20.7. The second kappa shape index (κ2) is 8.37. The van der Waals surface area contributed by atoms with Crippen LogP contribution in [0.2, 0.25) is 0 Å². The zero-order valence-electron chi connectivity index (χ0n) is 15.9. The van der Waals surface area contributed by atoms with E-state index in [1.54, 1.807) is 7.11 Å². The van der Waals surface area contributed by atoms with E-state index < -0.39 is 20.5 Å². The van der Waals surface area contributed by atoms with Crippen molar-refractivity contribution in [3.8, 4) is 5.75 Å². The van der Waals surface area contributed by atoms with Crippen LogP contribution >= 0.6 is 0 Å². The van der Waals surface area contributed by atoms with E-state index >= 15 is 0 Å². The lowest BCUT2D eigenvalue weighted by Crippen LogP contribution is -2.58. The third-order valence-electron chi connectivity index (χ3n) is 5.11. The van der Waals surface area contributed by atoms with Crippen molar-refractivity contribution in [3.05, 3.63) is 29.8 Å². The van der Waals surface area contributed by atoms with Crippen molar-refractivity contribution in [2.75, 3.05) is 47.1 Å². The Hall–Kier alpha value is -1.64. The molecule has 1 unspecified atom stereocenters. The number of amides is 1. The van der Waals surface area contributed by atoms with Gasteiger partial charge in [0.15, 0.2) is 14.6 Å². The molecule has 0 radical (unpaired) electrons. The first-order valence-electron chi connectivity index (χ1n) is 8.71. The van der Waals surface area contributed by atoms with E-state index in [4.69, 9.17) is 4.74 Å². The minimum Gasteiger partial charge on any atom is -0.496 e. The summed E-state index contributed by atoms with van der Waals surface area (Å²) < 4.78 is 28.8. The second-order valence-electron chi connectivity index (χ2n) is 6.95. The Kier molecular flexibility index (Phi) is 6.65. The molecule has 26 heavy (non-hydrogen) atoms. The molecular weight excluding hydrogens is 354 g/mol. The molecule has 1 atom stereocenters. The lowest BCUT2D eigenvalue weighted by Gasteiger charge is -2.35. The van der Waals surface area contributed by atoms with Crippen LogP contribution < -0.4 is 15.4 Å². The molecule has 1 aromatic carbocycles. The molecule has 0 spiro atoms. The van der Waals surface area contributed by atoms with Crippen LogP contribution in [-0.2, 0) is 14.6 Å². The number of methoxy groups -OCH3 is 1. The van der Waals surface area contributed by atoms with Gasteiger partial charge in [-0.2, -0.15) is 0 Å². The molecule has 0 aliphatic carbocycles. The van der Waals surface area contributed by atoms with Gasteiger partial charge in [-0.15, -0.1) is 0 Å². The summed E-state index contributed by atoms with van der Waals surface area (Å²) >= 11 is 0. The van der Waals surface area contributed by atoms with Crippen molar-refractivity contribution >= 4 is 15.7 Å². The average Bonchev–Trinajstić information content (AvgIpc) is 2.61. The highest BCUT2D eigenvalue weighted by molar-refractivity contribution is 7.92. The van der Waals surface area contributed by atoms with Crippen molar-refractivity contribution in [2.45, 2.75) is 23.6 Å². The van der Waals surface area contributed by atoms with E-state index in [1.165, 1.54) is 0 Å². The zero-order chi connectivity index (χ0) is 19.4. The Morgan fingerprint density at radius 3 is 2.46 bits per heavy atom. The molecule has 8 heteroatoms. The summed E-state index contributed by atoms with van der Waals surface area (Å²) in [5.41, 5.74) is 0.944. The first-order chi connectivity index (χ1) is 12.2. The number of likely N-dealkylation sites (N-methyl/N-ethyl adjacent to an activating group) is 1. The SMILES string of the molecule is COc1ccccc1C(CNC(=O)C1(S(C)(=O)=O)CCNCC1)N(C)C. The molecule has 2 rings (SSSR count). The molecule has 0 saturated carbocycles. The number of benzene rings is 1. The average molecular weight is 384 g/mol. The van der Waals surface area contributed by atoms with Gasteiger partial charge >= 0.3 is 0 Å². The minimum atomic E-state index is -3.52. The molecule has 0 bridgehead atoms. The fourth-order valence-electron chi connectivity index (χ4n) is 3.46. The van der Waals surface area contributed by atoms with Crippen molar-refractivity contribution < 1.29 is 17.9 Å². The highest BCUT2D eigenvalue weighted by Gasteiger charge is 2.48. The number of nitrogens with zero attached hydrogens (tertiary/aromatic N) is 1. The number of carbonyl (C=O) groups is 1. The van der Waals surface area contributed by atoms with Gasteiger partial charge in [0.25, 0.3) is 0 Å². The highest BCUT2D eigenvalue weighted by Crippen LogP contribution is 2.30. The van der Waals surface area contributed by atoms with Crippen LogP contribution in [0.3, 0.4) is 0 Å². The van der Waals surface area contributed by atoms with Crippen LogP contribution in [0.15, 0.2) is 24.3 Å². The Morgan fingerprint density at radius 2 is 1.92 bits per heavy atom. The van der Waals surface area contributed by atoms with Gasteiger partial charge in [-0.05, 0) is 46.1 Å². The summed E-state index contributed by atoms with van der Waals surface area (Å²) in [4.78, 5) is 14.9. The van der Waals surface area contributed by atoms with Gasteiger partial charge in [0, 0.05) is 18.4 Å². The Labute approximate surface area is 156 Å². The van der Waals surface area contributed by atoms with E-state index in [0.717, 1.165) is 17.6 Å². The second-order valence-corrected chi connectivity index (χ2v) is 9.27. The van der Waals surface area contributed by atoms with E-state index in [0.29, 0.717) is 32.5 Å². The molecular formula is C18H29N3O4S. The van der Waals surface area contributed by atoms with Gasteiger partial charge in [0.05, 0.1) is 13.2 Å². The lowest BCUT2D eigenvalue weighted by atomic mass is 9.95. The molecule has 1 aliphatic heterocycles. The number of para-hydroxylation sites is 1. The van der Waals surface area contributed by atoms with Gasteiger partial charge in [-0.3, -0.25) is 4.79 Å². The van der Waals surface area contributed by atoms with E-state index in [1.807, 2.05) is 43.3 Å². The number of piperidine rings is 1. The quantitative estimate of drug-likeness (QED) is 0.716. The van der Waals surface area contributed by atoms with E-state index in [9.17, 15) is 13.2 Å². The van der Waals surface area contributed by atoms with Gasteiger partial charge < -0.3 is 20.3 Å². The summed E-state index contributed by atoms with van der Waals surface area (Å²) in [6, 6.07) is 7.50. The predicted octanol–water partition coefficient (Wildman–Crippen LogP) is 0.581. The number of carbonyl (C=O) groups excluding carboxylic acids is 1. The van der Waals surface area contributed by atoms with Crippen LogP contribution in [0.4, 0.5) is 0 Å². The van der Waals surface area contributed by atoms with Gasteiger partial charge in [0.1, 0.15) is 5.75 Å². The molecule has 1 aliphatic rings. The molecule has 2 N–H and O–H groups in total. The Morgan fingerprint density at radius 1 is 1.31 bits per heavy atom. The summed E-state index contributed by atoms with van der Waals surface area (Å²) in [5.74, 6) is 0.323. The smallest absolute Gasteiger partial charge is 0.241 e. The third-order valence-corrected chi connectivity index (χ3v) is 7.13. The Bertz CT molecular complexity index is 728. The fraction of sp³-hybridized carbons (Fsp3) is 0.611. The largest absolute Gasteiger partial charge is 0.496 e. The lowest BCUT2D eigenvalue weighted by molar-refractivity contribution is -0.124. The summed E-state index contributed by atoms with van der Waals surface area (Å²) in [6.07, 6.45) is 1.74. The molecule has 7 nitrogen and oxygen atoms in total. The third kappa shape index (κ3) is 4.19. The maximum atomic E-state index is 12.9. The normalized spacial score (nSPS) is 18.3. The van der Waals surface area contributed by atoms with Gasteiger partial charge in [-0.1, -0.05) is 18.2 Å². The van der Waals surface area contributed by atoms with Crippen LogP contribution in [0.25, 0.3) is 0 Å². The van der Waals surface area contributed by atoms with Crippen molar-refractivity contribution in [1.82, 2.24) is 15.5 Å². The van der Waals surface area contributed by atoms with Crippen LogP contribution in [-0.4, -0.2) is 71.1 Å². The fourth-order valence-corrected chi connectivity index (χ4v) is 4.81. The molecule has 1 amide bonds. The number of rotatable bonds is 7. The molecule has 1 heterocycles. The molecule has 1 aromatic rings. The summed E-state index contributed by atoms with van der Waals surface area (Å²) in [7, 11) is 1.92. The van der Waals surface area contributed by atoms with Crippen molar-refractivity contribution in [3.63, 3.8) is 0 Å². The summed E-state index contributed by atoms with van der Waals surface area (Å²) in [6.45, 7) is 1.34. The topological polar surface area (TPSA) is 87.7 Å². The zero-order valence-corrected chi connectivity index (χ0v) is 16.7. The van der Waals surface area contributed by atoms with E-state index in [2.05, 4.69) is 10.6 Å². The predicted molar refractivity (Wildman–Crippen MR) is 102 cm³/mol. The number of sulfone groups is 1. The summed E-state index contributed by atoms with van der Waals surface area (Å²) in [5, 5.41) is 6.01. The number of hydrogen-bond donors (Lipinski definition) is 2. The molecule has 1 fully saturated rings. The maximum Gasteiger partial charge on any atom is 0.241 e. The maximum absolute atomic E-state index is 12.9. The van der Waals surface area contributed by atoms with Crippen LogP contribution in [0.5, 0.6) is 5.75 Å². The minimum absolute atomic E-state index is 0.131. The highest BCUT2D eigenvalue weighted by atomic mass is 32.2. The number of hydrogen-bond acceptors (Lipinski definition) is 6. The van der Waals surface area contributed by atoms with Gasteiger partial charge in [0.2, 0.25) is 5.91 Å². The van der Waals surface area contributed by atoms with Gasteiger partial charge in [-0.25, -0.2) is 8.42 Å². The van der Waals surface area contributed by atoms with Crippen molar-refractivity contribution in [1.29, 1.82) is 0 Å². The molecule has 146 valence electrons. The Balaban J connectivity index is 2.21. The standard InChI is InChI=1S/C18H29N3O4S/c1-21(2)15(14-7-5-6-8-16(14)25-3)13-20-17(22)18(26(4,23)24)9-11-19-12-10-18/h5-8,15,19H,9-13H2,1-4H3,(H,20,22). The van der Waals surface area contributed by atoms with Crippen LogP contribution in [0, 0.1) is 0 Å². The number of nitrogens with one attached hydrogen (secondary N) is 2. The molecule has 1 saturated heterocycles. The van der Waals surface area contributed by atoms with E-state index in [-0.39, 0.29) is 6.04 Å². The number of ether oxygens (including phenoxy) is 1. The monoisotopic (exact) mass is 383 g/mol.